The zero-order chi connectivity index (χ0) is 25.4. The average molecular weight is 535 g/mol. The Hall–Kier alpha value is -2.57. The van der Waals surface area contributed by atoms with Gasteiger partial charge in [-0.25, -0.2) is 13.4 Å². The molecule has 0 atom stereocenters. The Morgan fingerprint density at radius 2 is 1.94 bits per heavy atom. The fraction of sp³-hybridized carbons (Fsp3) is 0.458. The molecule has 4 N–H and O–H groups in total. The van der Waals surface area contributed by atoms with E-state index in [0.717, 1.165) is 35.4 Å². The SMILES string of the molecule is COc1cc(CO)c(-c2cn3cc(NCCN)c(N4CCN(S(=O)(=O)C5CC5)CC4)cc3n2)cc1Cl. The summed E-state index contributed by atoms with van der Waals surface area (Å²) in [7, 11) is -1.64. The van der Waals surface area contributed by atoms with Gasteiger partial charge in [-0.15, -0.1) is 0 Å². The molecular weight excluding hydrogens is 504 g/mol. The molecule has 0 bridgehead atoms. The van der Waals surface area contributed by atoms with Crippen LogP contribution in [0.4, 0.5) is 11.4 Å². The Bertz CT molecular complexity index is 1370. The molecule has 0 amide bonds. The highest BCUT2D eigenvalue weighted by molar-refractivity contribution is 7.90. The summed E-state index contributed by atoms with van der Waals surface area (Å²) in [5.41, 5.74) is 10.4. The minimum absolute atomic E-state index is 0.181. The van der Waals surface area contributed by atoms with Gasteiger partial charge in [-0.1, -0.05) is 11.6 Å². The number of nitrogens with zero attached hydrogens (tertiary/aromatic N) is 4. The van der Waals surface area contributed by atoms with E-state index in [1.165, 1.54) is 7.11 Å². The van der Waals surface area contributed by atoms with E-state index in [4.69, 9.17) is 27.1 Å². The quantitative estimate of drug-likeness (QED) is 0.381. The lowest BCUT2D eigenvalue weighted by atomic mass is 10.1. The summed E-state index contributed by atoms with van der Waals surface area (Å²) < 4.78 is 34.2. The summed E-state index contributed by atoms with van der Waals surface area (Å²) >= 11 is 6.37. The number of hydrogen-bond acceptors (Lipinski definition) is 8. The predicted molar refractivity (Wildman–Crippen MR) is 141 cm³/mol. The second-order valence-corrected chi connectivity index (χ2v) is 11.7. The lowest BCUT2D eigenvalue weighted by Gasteiger charge is -2.36. The summed E-state index contributed by atoms with van der Waals surface area (Å²) in [4.78, 5) is 7.01. The first-order valence-corrected chi connectivity index (χ1v) is 13.9. The molecule has 0 spiro atoms. The molecule has 1 saturated carbocycles. The van der Waals surface area contributed by atoms with Crippen LogP contribution in [0.5, 0.6) is 5.75 Å². The fourth-order valence-electron chi connectivity index (χ4n) is 4.64. The van der Waals surface area contributed by atoms with Crippen LogP contribution in [0.25, 0.3) is 16.9 Å². The number of anilines is 2. The van der Waals surface area contributed by atoms with Crippen LogP contribution in [0.1, 0.15) is 18.4 Å². The Labute approximate surface area is 215 Å². The molecule has 2 aromatic heterocycles. The van der Waals surface area contributed by atoms with Gasteiger partial charge < -0.3 is 30.2 Å². The largest absolute Gasteiger partial charge is 0.495 e. The molecule has 2 aliphatic rings. The molecule has 1 saturated heterocycles. The number of sulfonamides is 1. The van der Waals surface area contributed by atoms with Gasteiger partial charge in [0.15, 0.2) is 0 Å². The summed E-state index contributed by atoms with van der Waals surface area (Å²) in [5.74, 6) is 0.492. The molecule has 1 aliphatic carbocycles. The van der Waals surface area contributed by atoms with Crippen molar-refractivity contribution in [2.24, 2.45) is 5.73 Å². The van der Waals surface area contributed by atoms with Gasteiger partial charge in [0.2, 0.25) is 10.0 Å². The van der Waals surface area contributed by atoms with E-state index >= 15 is 0 Å². The summed E-state index contributed by atoms with van der Waals surface area (Å²) in [6, 6.07) is 5.47. The molecule has 1 aliphatic heterocycles. The van der Waals surface area contributed by atoms with E-state index in [0.29, 0.717) is 61.3 Å². The molecule has 0 radical (unpaired) electrons. The van der Waals surface area contributed by atoms with Crippen molar-refractivity contribution in [1.82, 2.24) is 13.7 Å². The lowest BCUT2D eigenvalue weighted by Crippen LogP contribution is -2.49. The second kappa shape index (κ2) is 10.1. The fourth-order valence-corrected chi connectivity index (χ4v) is 6.71. The number of aromatic nitrogens is 2. The van der Waals surface area contributed by atoms with Crippen molar-refractivity contribution in [3.05, 3.63) is 41.2 Å². The first-order valence-electron chi connectivity index (χ1n) is 12.0. The van der Waals surface area contributed by atoms with E-state index in [9.17, 15) is 13.5 Å². The number of nitrogens with one attached hydrogen (secondary N) is 1. The highest BCUT2D eigenvalue weighted by Gasteiger charge is 2.41. The molecule has 12 heteroatoms. The highest BCUT2D eigenvalue weighted by atomic mass is 35.5. The third-order valence-corrected chi connectivity index (χ3v) is 9.43. The van der Waals surface area contributed by atoms with Crippen LogP contribution >= 0.6 is 11.6 Å². The Balaban J connectivity index is 1.48. The lowest BCUT2D eigenvalue weighted by molar-refractivity contribution is 0.281. The highest BCUT2D eigenvalue weighted by Crippen LogP contribution is 2.36. The predicted octanol–water partition coefficient (Wildman–Crippen LogP) is 2.14. The molecule has 2 fully saturated rings. The van der Waals surface area contributed by atoms with Crippen molar-refractivity contribution in [3.8, 4) is 17.0 Å². The van der Waals surface area contributed by atoms with Gasteiger partial charge in [0.05, 0.1) is 41.1 Å². The third kappa shape index (κ3) is 4.73. The van der Waals surface area contributed by atoms with Gasteiger partial charge in [-0.05, 0) is 30.5 Å². The molecular formula is C24H31ClN6O4S. The Morgan fingerprint density at radius 3 is 2.58 bits per heavy atom. The number of hydrogen-bond donors (Lipinski definition) is 3. The van der Waals surface area contributed by atoms with Crippen molar-refractivity contribution in [1.29, 1.82) is 0 Å². The number of fused-ring (bicyclic) bond motifs is 1. The van der Waals surface area contributed by atoms with E-state index < -0.39 is 10.0 Å². The van der Waals surface area contributed by atoms with Crippen LogP contribution in [0.15, 0.2) is 30.6 Å². The van der Waals surface area contributed by atoms with Crippen molar-refractivity contribution in [3.63, 3.8) is 0 Å². The average Bonchev–Trinajstić information content (AvgIpc) is 3.67. The molecule has 194 valence electrons. The van der Waals surface area contributed by atoms with Gasteiger partial charge in [0.25, 0.3) is 0 Å². The van der Waals surface area contributed by atoms with Crippen molar-refractivity contribution >= 4 is 38.6 Å². The van der Waals surface area contributed by atoms with Crippen LogP contribution in [0.2, 0.25) is 5.02 Å². The number of imidazole rings is 1. The van der Waals surface area contributed by atoms with Gasteiger partial charge >= 0.3 is 0 Å². The van der Waals surface area contributed by atoms with Crippen LogP contribution in [0.3, 0.4) is 0 Å². The normalized spacial score (nSPS) is 17.1. The number of methoxy groups -OCH3 is 1. The molecule has 10 nitrogen and oxygen atoms in total. The summed E-state index contributed by atoms with van der Waals surface area (Å²) in [6.07, 6.45) is 5.40. The van der Waals surface area contributed by atoms with Gasteiger partial charge in [-0.2, -0.15) is 4.31 Å². The molecule has 1 aromatic carbocycles. The van der Waals surface area contributed by atoms with E-state index in [1.807, 2.05) is 22.9 Å². The van der Waals surface area contributed by atoms with Gasteiger partial charge in [-0.3, -0.25) is 0 Å². The Kier molecular flexibility index (Phi) is 7.01. The second-order valence-electron chi connectivity index (χ2n) is 9.11. The molecule has 3 aromatic rings. The number of halogens is 1. The number of benzene rings is 1. The van der Waals surface area contributed by atoms with Crippen molar-refractivity contribution < 1.29 is 18.3 Å². The van der Waals surface area contributed by atoms with Crippen LogP contribution in [-0.2, 0) is 16.6 Å². The van der Waals surface area contributed by atoms with Crippen molar-refractivity contribution in [2.45, 2.75) is 24.7 Å². The molecule has 36 heavy (non-hydrogen) atoms. The molecule has 3 heterocycles. The smallest absolute Gasteiger partial charge is 0.217 e. The van der Waals surface area contributed by atoms with E-state index in [1.54, 1.807) is 16.4 Å². The topological polar surface area (TPSA) is 125 Å². The minimum Gasteiger partial charge on any atom is -0.495 e. The minimum atomic E-state index is -3.18. The third-order valence-electron chi connectivity index (χ3n) is 6.74. The van der Waals surface area contributed by atoms with Crippen LogP contribution in [0, 0.1) is 0 Å². The number of nitrogens with two attached hydrogens (primary N) is 1. The number of aliphatic hydroxyl groups is 1. The summed E-state index contributed by atoms with van der Waals surface area (Å²) in [5, 5.41) is 13.6. The number of pyridine rings is 1. The van der Waals surface area contributed by atoms with Gasteiger partial charge in [0.1, 0.15) is 11.4 Å². The van der Waals surface area contributed by atoms with Gasteiger partial charge in [0, 0.05) is 63.3 Å². The standard InChI is InChI=1S/C24H31ClN6O4S/c1-35-23-10-16(15-32)18(11-19(23)25)20-13-30-14-21(27-5-4-26)22(12-24(30)28-20)29-6-8-31(9-7-29)36(33,34)17-2-3-17/h10-14,17,27,32H,2-9,15,26H2,1H3. The first-order chi connectivity index (χ1) is 17.3. The number of piperazine rings is 1. The maximum Gasteiger partial charge on any atom is 0.217 e. The Morgan fingerprint density at radius 1 is 1.19 bits per heavy atom. The van der Waals surface area contributed by atoms with E-state index in [-0.39, 0.29) is 11.9 Å². The number of aliphatic hydroxyl groups excluding tert-OH is 1. The maximum absolute atomic E-state index is 12.7. The maximum atomic E-state index is 12.7. The van der Waals surface area contributed by atoms with Crippen LogP contribution < -0.4 is 20.7 Å². The monoisotopic (exact) mass is 534 g/mol. The van der Waals surface area contributed by atoms with Crippen LogP contribution in [-0.4, -0.2) is 78.8 Å². The first kappa shape index (κ1) is 25.1. The van der Waals surface area contributed by atoms with Crippen molar-refractivity contribution in [2.75, 3.05) is 56.6 Å². The zero-order valence-corrected chi connectivity index (χ0v) is 21.7. The molecule has 5 rings (SSSR count). The molecule has 0 unspecified atom stereocenters. The number of rotatable bonds is 9. The van der Waals surface area contributed by atoms with E-state index in [2.05, 4.69) is 10.2 Å². The summed E-state index contributed by atoms with van der Waals surface area (Å²) in [6.45, 7) is 3.00. The number of ether oxygens (including phenoxy) is 1. The zero-order valence-electron chi connectivity index (χ0n) is 20.2.